The van der Waals surface area contributed by atoms with Crippen molar-refractivity contribution < 1.29 is 0 Å². The molecule has 3 aromatic heterocycles. The molecule has 180 valence electrons. The Kier molecular flexibility index (Phi) is 9.10. The van der Waals surface area contributed by atoms with Crippen LogP contribution in [0.3, 0.4) is 0 Å². The van der Waals surface area contributed by atoms with E-state index in [-0.39, 0.29) is 0 Å². The molecule has 3 heterocycles. The molecule has 0 aliphatic heterocycles. The summed E-state index contributed by atoms with van der Waals surface area (Å²) in [5.41, 5.74) is 7.77. The summed E-state index contributed by atoms with van der Waals surface area (Å²) in [4.78, 5) is 13.7. The van der Waals surface area contributed by atoms with Crippen molar-refractivity contribution >= 4 is 0 Å². The average molecular weight is 466 g/mol. The molecule has 0 aliphatic rings. The van der Waals surface area contributed by atoms with Crippen molar-refractivity contribution in [3.05, 3.63) is 87.8 Å². The molecule has 0 spiro atoms. The molecule has 5 heteroatoms. The van der Waals surface area contributed by atoms with E-state index < -0.39 is 0 Å². The van der Waals surface area contributed by atoms with Crippen molar-refractivity contribution in [2.45, 2.75) is 84.5 Å². The zero-order chi connectivity index (χ0) is 25.4. The number of aromatic nitrogens is 3. The lowest BCUT2D eigenvalue weighted by Crippen LogP contribution is -2.08. The Morgan fingerprint density at radius 3 is 2.20 bits per heavy atom. The van der Waals surface area contributed by atoms with Gasteiger partial charge in [0.1, 0.15) is 17.8 Å². The second kappa shape index (κ2) is 12.2. The van der Waals surface area contributed by atoms with E-state index >= 15 is 0 Å². The summed E-state index contributed by atoms with van der Waals surface area (Å²) in [6.45, 7) is 10.7. The fourth-order valence-corrected chi connectivity index (χ4v) is 4.66. The van der Waals surface area contributed by atoms with Gasteiger partial charge in [-0.15, -0.1) is 0 Å². The molecule has 5 nitrogen and oxygen atoms in total. The Balaban J connectivity index is 1.80. The normalized spacial score (nSPS) is 12.7. The maximum absolute atomic E-state index is 9.44. The zero-order valence-electron chi connectivity index (χ0n) is 21.5. The molecule has 3 aromatic rings. The monoisotopic (exact) mass is 465 g/mol. The van der Waals surface area contributed by atoms with Crippen molar-refractivity contribution in [3.63, 3.8) is 0 Å². The third-order valence-electron chi connectivity index (χ3n) is 6.73. The molecule has 35 heavy (non-hydrogen) atoms. The summed E-state index contributed by atoms with van der Waals surface area (Å²) in [6, 6.07) is 14.9. The highest BCUT2D eigenvalue weighted by Crippen LogP contribution is 2.29. The summed E-state index contributed by atoms with van der Waals surface area (Å²) in [6.07, 6.45) is 8.11. The number of pyridine rings is 3. The largest absolute Gasteiger partial charge is 0.263 e. The predicted molar refractivity (Wildman–Crippen MR) is 139 cm³/mol. The minimum Gasteiger partial charge on any atom is -0.263 e. The first-order valence-electron chi connectivity index (χ1n) is 12.6. The van der Waals surface area contributed by atoms with Gasteiger partial charge in [-0.25, -0.2) is 4.98 Å². The number of nitriles is 2. The van der Waals surface area contributed by atoms with E-state index in [0.717, 1.165) is 60.3 Å². The van der Waals surface area contributed by atoms with E-state index in [4.69, 9.17) is 4.98 Å². The van der Waals surface area contributed by atoms with Crippen LogP contribution in [0.2, 0.25) is 0 Å². The fraction of sp³-hybridized carbons (Fsp3) is 0.433. The van der Waals surface area contributed by atoms with Gasteiger partial charge in [0, 0.05) is 29.5 Å². The predicted octanol–water partition coefficient (Wildman–Crippen LogP) is 6.91. The molecular formula is C30H35N5. The highest BCUT2D eigenvalue weighted by atomic mass is 14.7. The van der Waals surface area contributed by atoms with Crippen molar-refractivity contribution in [2.24, 2.45) is 0 Å². The van der Waals surface area contributed by atoms with Crippen molar-refractivity contribution in [1.82, 2.24) is 15.0 Å². The van der Waals surface area contributed by atoms with Gasteiger partial charge >= 0.3 is 0 Å². The van der Waals surface area contributed by atoms with E-state index in [0.29, 0.717) is 29.0 Å². The standard InChI is InChI=1S/C30H35N5/c1-6-23(27-11-22(16-31)18-33-19-27)8-9-28-15-26(10-21(5)34-28)24(7-2)12-29-13-25(20(3)4)14-30(17-32)35-29/h10-11,13-15,18-20,23-24H,6-9,12H2,1-5H3. The SMILES string of the molecule is CCC(CCc1cc(C(CC)Cc2cc(C(C)C)cc(C#N)n2)cc(C)n1)c1cncc(C#N)c1. The molecule has 0 saturated heterocycles. The Bertz CT molecular complexity index is 1230. The van der Waals surface area contributed by atoms with Gasteiger partial charge < -0.3 is 0 Å². The maximum Gasteiger partial charge on any atom is 0.141 e. The molecule has 0 aliphatic carbocycles. The lowest BCUT2D eigenvalue weighted by atomic mass is 9.88. The van der Waals surface area contributed by atoms with E-state index in [1.54, 1.807) is 6.20 Å². The van der Waals surface area contributed by atoms with Crippen LogP contribution in [-0.4, -0.2) is 15.0 Å². The molecule has 0 bridgehead atoms. The van der Waals surface area contributed by atoms with Crippen LogP contribution < -0.4 is 0 Å². The zero-order valence-corrected chi connectivity index (χ0v) is 21.5. The van der Waals surface area contributed by atoms with Crippen LogP contribution >= 0.6 is 0 Å². The van der Waals surface area contributed by atoms with Gasteiger partial charge in [-0.2, -0.15) is 10.5 Å². The minimum absolute atomic E-state index is 0.315. The smallest absolute Gasteiger partial charge is 0.141 e. The second-order valence-electron chi connectivity index (χ2n) is 9.65. The Labute approximate surface area is 209 Å². The maximum atomic E-state index is 9.44. The molecule has 0 fully saturated rings. The number of aryl methyl sites for hydroxylation is 2. The van der Waals surface area contributed by atoms with Crippen LogP contribution in [0.15, 0.2) is 42.7 Å². The van der Waals surface area contributed by atoms with Gasteiger partial charge in [-0.05, 0) is 104 Å². The quantitative estimate of drug-likeness (QED) is 0.325. The first-order valence-corrected chi connectivity index (χ1v) is 12.6. The molecular weight excluding hydrogens is 430 g/mol. The highest BCUT2D eigenvalue weighted by molar-refractivity contribution is 5.33. The average Bonchev–Trinajstić information content (AvgIpc) is 2.87. The van der Waals surface area contributed by atoms with Crippen LogP contribution in [0.1, 0.15) is 110 Å². The van der Waals surface area contributed by atoms with Gasteiger partial charge in [0.05, 0.1) is 5.56 Å². The minimum atomic E-state index is 0.315. The third-order valence-corrected chi connectivity index (χ3v) is 6.73. The third kappa shape index (κ3) is 6.96. The van der Waals surface area contributed by atoms with E-state index in [1.807, 2.05) is 18.3 Å². The van der Waals surface area contributed by atoms with Crippen LogP contribution in [-0.2, 0) is 12.8 Å². The topological polar surface area (TPSA) is 86.2 Å². The van der Waals surface area contributed by atoms with Gasteiger partial charge in [-0.1, -0.05) is 27.7 Å². The van der Waals surface area contributed by atoms with Crippen molar-refractivity contribution in [1.29, 1.82) is 10.5 Å². The summed E-state index contributed by atoms with van der Waals surface area (Å²) in [5.74, 6) is 1.01. The Morgan fingerprint density at radius 1 is 0.800 bits per heavy atom. The lowest BCUT2D eigenvalue weighted by Gasteiger charge is -2.19. The summed E-state index contributed by atoms with van der Waals surface area (Å²) in [7, 11) is 0. The van der Waals surface area contributed by atoms with Crippen LogP contribution in [0.5, 0.6) is 0 Å². The van der Waals surface area contributed by atoms with Gasteiger partial charge in [-0.3, -0.25) is 9.97 Å². The van der Waals surface area contributed by atoms with E-state index in [1.165, 1.54) is 5.56 Å². The van der Waals surface area contributed by atoms with Gasteiger partial charge in [0.2, 0.25) is 0 Å². The molecule has 0 aromatic carbocycles. The Hall–Kier alpha value is -3.57. The summed E-state index contributed by atoms with van der Waals surface area (Å²) < 4.78 is 0. The molecule has 0 saturated carbocycles. The van der Waals surface area contributed by atoms with Crippen LogP contribution in [0, 0.1) is 29.6 Å². The molecule has 2 atom stereocenters. The first kappa shape index (κ1) is 26.0. The highest BCUT2D eigenvalue weighted by Gasteiger charge is 2.17. The Morgan fingerprint density at radius 2 is 1.54 bits per heavy atom. The number of rotatable bonds is 10. The van der Waals surface area contributed by atoms with E-state index in [9.17, 15) is 10.5 Å². The number of hydrogen-bond acceptors (Lipinski definition) is 5. The van der Waals surface area contributed by atoms with Crippen LogP contribution in [0.25, 0.3) is 0 Å². The second-order valence-corrected chi connectivity index (χ2v) is 9.65. The molecule has 0 N–H and O–H groups in total. The molecule has 0 radical (unpaired) electrons. The van der Waals surface area contributed by atoms with Crippen molar-refractivity contribution in [2.75, 3.05) is 0 Å². The van der Waals surface area contributed by atoms with Crippen molar-refractivity contribution in [3.8, 4) is 12.1 Å². The molecule has 2 unspecified atom stereocenters. The van der Waals surface area contributed by atoms with Gasteiger partial charge in [0.15, 0.2) is 0 Å². The number of nitrogens with zero attached hydrogens (tertiary/aromatic N) is 5. The van der Waals surface area contributed by atoms with E-state index in [2.05, 4.69) is 74.9 Å². The molecule has 0 amide bonds. The lowest BCUT2D eigenvalue weighted by molar-refractivity contribution is 0.595. The van der Waals surface area contributed by atoms with Crippen LogP contribution in [0.4, 0.5) is 0 Å². The first-order chi connectivity index (χ1) is 16.9. The number of hydrogen-bond donors (Lipinski definition) is 0. The molecule has 3 rings (SSSR count). The van der Waals surface area contributed by atoms with Gasteiger partial charge in [0.25, 0.3) is 0 Å². The summed E-state index contributed by atoms with van der Waals surface area (Å²) in [5, 5.41) is 18.7. The summed E-state index contributed by atoms with van der Waals surface area (Å²) >= 11 is 0. The fourth-order valence-electron chi connectivity index (χ4n) is 4.66.